The fourth-order valence-corrected chi connectivity index (χ4v) is 2.20. The van der Waals surface area contributed by atoms with Crippen molar-refractivity contribution in [2.45, 2.75) is 19.4 Å². The summed E-state index contributed by atoms with van der Waals surface area (Å²) in [6, 6.07) is 8.28. The number of aromatic nitrogens is 1. The van der Waals surface area contributed by atoms with Crippen molar-refractivity contribution in [1.29, 1.82) is 0 Å². The van der Waals surface area contributed by atoms with Gasteiger partial charge in [0.1, 0.15) is 0 Å². The molecule has 1 atom stereocenters. The van der Waals surface area contributed by atoms with Crippen molar-refractivity contribution in [3.8, 4) is 11.5 Å². The lowest BCUT2D eigenvalue weighted by Crippen LogP contribution is -2.32. The Hall–Kier alpha value is -3.09. The number of amides is 1. The summed E-state index contributed by atoms with van der Waals surface area (Å²) in [5, 5.41) is 2.71. The molecule has 0 bridgehead atoms. The third-order valence-electron chi connectivity index (χ3n) is 3.45. The van der Waals surface area contributed by atoms with Crippen molar-refractivity contribution < 1.29 is 23.8 Å². The van der Waals surface area contributed by atoms with Gasteiger partial charge in [-0.25, -0.2) is 4.79 Å². The molecule has 2 heterocycles. The zero-order valence-corrected chi connectivity index (χ0v) is 13.0. The first-order valence-electron chi connectivity index (χ1n) is 7.49. The fourth-order valence-electron chi connectivity index (χ4n) is 2.20. The van der Waals surface area contributed by atoms with Crippen molar-refractivity contribution in [2.75, 3.05) is 12.1 Å². The zero-order valence-electron chi connectivity index (χ0n) is 13.0. The van der Waals surface area contributed by atoms with Crippen LogP contribution in [0.3, 0.4) is 0 Å². The summed E-state index contributed by atoms with van der Waals surface area (Å²) in [4.78, 5) is 28.2. The van der Waals surface area contributed by atoms with E-state index in [2.05, 4.69) is 10.3 Å². The van der Waals surface area contributed by atoms with Crippen LogP contribution < -0.4 is 14.8 Å². The lowest BCUT2D eigenvalue weighted by molar-refractivity contribution is -0.124. The van der Waals surface area contributed by atoms with Crippen LogP contribution in [0.25, 0.3) is 0 Å². The van der Waals surface area contributed by atoms with Crippen LogP contribution in [0.1, 0.15) is 23.7 Å². The topological polar surface area (TPSA) is 86.8 Å². The number of nitrogens with zero attached hydrogens (tertiary/aromatic N) is 1. The van der Waals surface area contributed by atoms with E-state index >= 15 is 0 Å². The number of hydrogen-bond donors (Lipinski definition) is 1. The van der Waals surface area contributed by atoms with Gasteiger partial charge in [0.05, 0.1) is 5.56 Å². The molecule has 0 spiro atoms. The molecule has 1 aromatic heterocycles. The van der Waals surface area contributed by atoms with Crippen LogP contribution in [0.5, 0.6) is 11.5 Å². The summed E-state index contributed by atoms with van der Waals surface area (Å²) in [6.07, 6.45) is 2.40. The third-order valence-corrected chi connectivity index (χ3v) is 3.45. The van der Waals surface area contributed by atoms with Gasteiger partial charge in [-0.1, -0.05) is 6.92 Å². The van der Waals surface area contributed by atoms with Gasteiger partial charge in [0, 0.05) is 24.1 Å². The van der Waals surface area contributed by atoms with Crippen LogP contribution >= 0.6 is 0 Å². The maximum Gasteiger partial charge on any atom is 0.340 e. The van der Waals surface area contributed by atoms with Gasteiger partial charge in [0.25, 0.3) is 5.91 Å². The summed E-state index contributed by atoms with van der Waals surface area (Å²) in [5.41, 5.74) is 0.840. The van der Waals surface area contributed by atoms with Gasteiger partial charge in [-0.3, -0.25) is 9.78 Å². The Kier molecular flexibility index (Phi) is 4.60. The Morgan fingerprint density at radius 3 is 2.88 bits per heavy atom. The molecule has 1 unspecified atom stereocenters. The SMILES string of the molecule is CCC(OC(=O)c1cccnc1)C(=O)Nc1ccc2c(c1)OCO2. The van der Waals surface area contributed by atoms with E-state index in [1.807, 2.05) is 0 Å². The first-order chi connectivity index (χ1) is 11.7. The van der Waals surface area contributed by atoms with E-state index in [4.69, 9.17) is 14.2 Å². The predicted molar refractivity (Wildman–Crippen MR) is 84.9 cm³/mol. The molecule has 124 valence electrons. The van der Waals surface area contributed by atoms with Gasteiger partial charge >= 0.3 is 5.97 Å². The molecule has 0 radical (unpaired) electrons. The van der Waals surface area contributed by atoms with E-state index in [0.29, 0.717) is 29.2 Å². The van der Waals surface area contributed by atoms with E-state index in [-0.39, 0.29) is 6.79 Å². The summed E-state index contributed by atoms with van der Waals surface area (Å²) in [6.45, 7) is 1.92. The van der Waals surface area contributed by atoms with Crippen molar-refractivity contribution in [2.24, 2.45) is 0 Å². The fraction of sp³-hybridized carbons (Fsp3) is 0.235. The second-order valence-corrected chi connectivity index (χ2v) is 5.10. The van der Waals surface area contributed by atoms with Gasteiger partial charge in [0.15, 0.2) is 17.6 Å². The summed E-state index contributed by atoms with van der Waals surface area (Å²) in [7, 11) is 0. The minimum absolute atomic E-state index is 0.160. The van der Waals surface area contributed by atoms with E-state index in [0.717, 1.165) is 0 Å². The van der Waals surface area contributed by atoms with Gasteiger partial charge in [-0.15, -0.1) is 0 Å². The Labute approximate surface area is 138 Å². The Morgan fingerprint density at radius 2 is 2.12 bits per heavy atom. The highest BCUT2D eigenvalue weighted by atomic mass is 16.7. The average molecular weight is 328 g/mol. The van der Waals surface area contributed by atoms with Crippen molar-refractivity contribution in [3.05, 3.63) is 48.3 Å². The average Bonchev–Trinajstić information content (AvgIpc) is 3.07. The third kappa shape index (κ3) is 3.45. The number of carbonyl (C=O) groups excluding carboxylic acids is 2. The summed E-state index contributed by atoms with van der Waals surface area (Å²) in [5.74, 6) is 0.195. The smallest absolute Gasteiger partial charge is 0.340 e. The second-order valence-electron chi connectivity index (χ2n) is 5.10. The molecule has 1 aromatic carbocycles. The van der Waals surface area contributed by atoms with E-state index in [1.165, 1.54) is 6.20 Å². The maximum atomic E-state index is 12.3. The number of carbonyl (C=O) groups is 2. The molecule has 7 nitrogen and oxygen atoms in total. The molecular weight excluding hydrogens is 312 g/mol. The first-order valence-corrected chi connectivity index (χ1v) is 7.49. The number of esters is 1. The van der Waals surface area contributed by atoms with E-state index in [1.54, 1.807) is 43.5 Å². The number of rotatable bonds is 5. The van der Waals surface area contributed by atoms with Crippen LogP contribution in [0.15, 0.2) is 42.7 Å². The standard InChI is InChI=1S/C17H16N2O5/c1-2-13(24-17(21)11-4-3-7-18-9-11)16(20)19-12-5-6-14-15(8-12)23-10-22-14/h3-9,13H,2,10H2,1H3,(H,19,20). The largest absolute Gasteiger partial charge is 0.454 e. The molecule has 1 aliphatic rings. The molecule has 1 amide bonds. The molecule has 0 aliphatic carbocycles. The highest BCUT2D eigenvalue weighted by molar-refractivity contribution is 5.97. The van der Waals surface area contributed by atoms with Gasteiger partial charge < -0.3 is 19.5 Å². The number of hydrogen-bond acceptors (Lipinski definition) is 6. The first kappa shape index (κ1) is 15.8. The molecule has 0 saturated carbocycles. The maximum absolute atomic E-state index is 12.3. The minimum Gasteiger partial charge on any atom is -0.454 e. The van der Waals surface area contributed by atoms with E-state index in [9.17, 15) is 9.59 Å². The van der Waals surface area contributed by atoms with Gasteiger partial charge in [-0.2, -0.15) is 0 Å². The highest BCUT2D eigenvalue weighted by Crippen LogP contribution is 2.34. The van der Waals surface area contributed by atoms with Gasteiger partial charge in [0.2, 0.25) is 6.79 Å². The van der Waals surface area contributed by atoms with Crippen LogP contribution in [0, 0.1) is 0 Å². The van der Waals surface area contributed by atoms with Crippen molar-refractivity contribution in [3.63, 3.8) is 0 Å². The molecule has 0 saturated heterocycles. The van der Waals surface area contributed by atoms with Crippen LogP contribution in [-0.4, -0.2) is 29.8 Å². The number of fused-ring (bicyclic) bond motifs is 1. The predicted octanol–water partition coefficient (Wildman–Crippen LogP) is 2.38. The summed E-state index contributed by atoms with van der Waals surface area (Å²) < 4.78 is 15.7. The molecular formula is C17H16N2O5. The van der Waals surface area contributed by atoms with Crippen molar-refractivity contribution in [1.82, 2.24) is 4.98 Å². The number of benzene rings is 1. The number of ether oxygens (including phenoxy) is 3. The number of anilines is 1. The molecule has 1 N–H and O–H groups in total. The molecule has 1 aliphatic heterocycles. The number of nitrogens with one attached hydrogen (secondary N) is 1. The highest BCUT2D eigenvalue weighted by Gasteiger charge is 2.23. The lowest BCUT2D eigenvalue weighted by Gasteiger charge is -2.16. The second kappa shape index (κ2) is 6.99. The molecule has 24 heavy (non-hydrogen) atoms. The minimum atomic E-state index is -0.900. The Bertz CT molecular complexity index is 748. The van der Waals surface area contributed by atoms with Crippen LogP contribution in [-0.2, 0) is 9.53 Å². The monoisotopic (exact) mass is 328 g/mol. The molecule has 0 fully saturated rings. The number of pyridine rings is 1. The molecule has 2 aromatic rings. The zero-order chi connectivity index (χ0) is 16.9. The van der Waals surface area contributed by atoms with Crippen LogP contribution in [0.2, 0.25) is 0 Å². The lowest BCUT2D eigenvalue weighted by atomic mass is 10.2. The summed E-state index contributed by atoms with van der Waals surface area (Å²) >= 11 is 0. The van der Waals surface area contributed by atoms with Crippen molar-refractivity contribution >= 4 is 17.6 Å². The van der Waals surface area contributed by atoms with Gasteiger partial charge in [-0.05, 0) is 30.7 Å². The quantitative estimate of drug-likeness (QED) is 0.848. The Morgan fingerprint density at radius 1 is 1.29 bits per heavy atom. The Balaban J connectivity index is 1.65. The normalized spacial score (nSPS) is 13.2. The van der Waals surface area contributed by atoms with E-state index < -0.39 is 18.0 Å². The molecule has 7 heteroatoms. The van der Waals surface area contributed by atoms with Crippen LogP contribution in [0.4, 0.5) is 5.69 Å². The molecule has 3 rings (SSSR count).